The minimum atomic E-state index is 0.292. The fourth-order valence-electron chi connectivity index (χ4n) is 3.05. The smallest absolute Gasteiger partial charge is 0.136 e. The molecule has 0 saturated heterocycles. The van der Waals surface area contributed by atoms with Crippen molar-refractivity contribution in [1.29, 1.82) is 0 Å². The van der Waals surface area contributed by atoms with Crippen molar-refractivity contribution in [3.05, 3.63) is 0 Å². The molecule has 1 unspecified atom stereocenters. The zero-order chi connectivity index (χ0) is 10.2. The van der Waals surface area contributed by atoms with E-state index in [1.807, 2.05) is 0 Å². The third-order valence-electron chi connectivity index (χ3n) is 4.36. The first-order chi connectivity index (χ1) is 6.59. The van der Waals surface area contributed by atoms with E-state index >= 15 is 0 Å². The highest BCUT2D eigenvalue weighted by atomic mass is 16.1. The predicted octanol–water partition coefficient (Wildman–Crippen LogP) is 3.57. The predicted molar refractivity (Wildman–Crippen MR) is 58.1 cm³/mol. The van der Waals surface area contributed by atoms with Crippen LogP contribution in [0.3, 0.4) is 0 Å². The van der Waals surface area contributed by atoms with E-state index in [4.69, 9.17) is 0 Å². The minimum Gasteiger partial charge on any atom is -0.299 e. The van der Waals surface area contributed by atoms with Crippen molar-refractivity contribution in [2.24, 2.45) is 17.3 Å². The Morgan fingerprint density at radius 3 is 2.36 bits per heavy atom. The maximum Gasteiger partial charge on any atom is 0.136 e. The summed E-state index contributed by atoms with van der Waals surface area (Å²) in [6, 6.07) is 0. The lowest BCUT2D eigenvalue weighted by atomic mass is 9.74. The highest BCUT2D eigenvalue weighted by Gasteiger charge is 2.39. The van der Waals surface area contributed by atoms with E-state index in [0.717, 1.165) is 18.8 Å². The van der Waals surface area contributed by atoms with Gasteiger partial charge in [-0.05, 0) is 24.2 Å². The molecule has 0 spiro atoms. The van der Waals surface area contributed by atoms with E-state index in [0.29, 0.717) is 17.1 Å². The van der Waals surface area contributed by atoms with Gasteiger partial charge in [0.1, 0.15) is 5.78 Å². The van der Waals surface area contributed by atoms with Gasteiger partial charge < -0.3 is 0 Å². The van der Waals surface area contributed by atoms with Crippen LogP contribution in [-0.4, -0.2) is 5.78 Å². The van der Waals surface area contributed by atoms with Crippen LogP contribution in [0, 0.1) is 17.3 Å². The van der Waals surface area contributed by atoms with Crippen LogP contribution < -0.4 is 0 Å². The van der Waals surface area contributed by atoms with Crippen molar-refractivity contribution in [2.45, 2.75) is 58.8 Å². The van der Waals surface area contributed by atoms with Gasteiger partial charge in [0.15, 0.2) is 0 Å². The molecule has 0 amide bonds. The number of carbonyl (C=O) groups is 1. The molecule has 2 fully saturated rings. The first-order valence-corrected chi connectivity index (χ1v) is 6.12. The van der Waals surface area contributed by atoms with Crippen LogP contribution in [0.5, 0.6) is 0 Å². The van der Waals surface area contributed by atoms with Crippen LogP contribution >= 0.6 is 0 Å². The molecule has 0 heterocycles. The second-order valence-electron chi connectivity index (χ2n) is 5.90. The molecule has 2 saturated carbocycles. The lowest BCUT2D eigenvalue weighted by Crippen LogP contribution is -2.28. The van der Waals surface area contributed by atoms with Gasteiger partial charge in [-0.1, -0.05) is 39.5 Å². The molecule has 0 aromatic rings. The molecule has 0 N–H and O–H groups in total. The van der Waals surface area contributed by atoms with Crippen LogP contribution in [0.25, 0.3) is 0 Å². The molecule has 0 aromatic carbocycles. The molecule has 1 heteroatoms. The Morgan fingerprint density at radius 1 is 1.21 bits per heavy atom. The fraction of sp³-hybridized carbons (Fsp3) is 0.923. The van der Waals surface area contributed by atoms with Gasteiger partial charge in [-0.25, -0.2) is 0 Å². The zero-order valence-corrected chi connectivity index (χ0v) is 9.51. The number of rotatable bonds is 3. The molecular weight excluding hydrogens is 172 g/mol. The SMILES string of the molecule is CC1(C)CCCC1C(=O)CC1CCC1. The highest BCUT2D eigenvalue weighted by Crippen LogP contribution is 2.44. The quantitative estimate of drug-likeness (QED) is 0.671. The van der Waals surface area contributed by atoms with Gasteiger partial charge in [0.25, 0.3) is 0 Å². The monoisotopic (exact) mass is 194 g/mol. The van der Waals surface area contributed by atoms with Gasteiger partial charge in [0.05, 0.1) is 0 Å². The number of ketones is 1. The molecule has 2 rings (SSSR count). The number of hydrogen-bond acceptors (Lipinski definition) is 1. The Labute approximate surface area is 87.3 Å². The molecule has 2 aliphatic carbocycles. The summed E-state index contributed by atoms with van der Waals surface area (Å²) in [6.45, 7) is 4.53. The summed E-state index contributed by atoms with van der Waals surface area (Å²) >= 11 is 0. The average Bonchev–Trinajstić information content (AvgIpc) is 2.37. The van der Waals surface area contributed by atoms with E-state index < -0.39 is 0 Å². The van der Waals surface area contributed by atoms with Crippen LogP contribution in [0.2, 0.25) is 0 Å². The van der Waals surface area contributed by atoms with E-state index in [1.165, 1.54) is 32.1 Å². The van der Waals surface area contributed by atoms with Crippen molar-refractivity contribution in [2.75, 3.05) is 0 Å². The minimum absolute atomic E-state index is 0.292. The summed E-state index contributed by atoms with van der Waals surface area (Å²) in [6.07, 6.45) is 8.50. The van der Waals surface area contributed by atoms with Gasteiger partial charge in [-0.3, -0.25) is 4.79 Å². The van der Waals surface area contributed by atoms with Crippen LogP contribution in [0.4, 0.5) is 0 Å². The van der Waals surface area contributed by atoms with Crippen molar-refractivity contribution < 1.29 is 4.79 Å². The summed E-state index contributed by atoms with van der Waals surface area (Å²) in [7, 11) is 0. The standard InChI is InChI=1S/C13H22O/c1-13(2)8-4-7-11(13)12(14)9-10-5-3-6-10/h10-11H,3-9H2,1-2H3. The molecule has 1 atom stereocenters. The van der Waals surface area contributed by atoms with Gasteiger partial charge >= 0.3 is 0 Å². The Kier molecular flexibility index (Phi) is 2.68. The third kappa shape index (κ3) is 1.87. The lowest BCUT2D eigenvalue weighted by molar-refractivity contribution is -0.126. The zero-order valence-electron chi connectivity index (χ0n) is 9.51. The maximum absolute atomic E-state index is 12.1. The summed E-state index contributed by atoms with van der Waals surface area (Å²) in [5.74, 6) is 1.69. The average molecular weight is 194 g/mol. The molecule has 0 radical (unpaired) electrons. The van der Waals surface area contributed by atoms with Gasteiger partial charge in [0, 0.05) is 12.3 Å². The van der Waals surface area contributed by atoms with Gasteiger partial charge in [0.2, 0.25) is 0 Å². The highest BCUT2D eigenvalue weighted by molar-refractivity contribution is 5.82. The second-order valence-corrected chi connectivity index (χ2v) is 5.90. The Hall–Kier alpha value is -0.330. The summed E-state index contributed by atoms with van der Waals surface area (Å²) in [5.41, 5.74) is 0.292. The fourth-order valence-corrected chi connectivity index (χ4v) is 3.05. The molecule has 0 bridgehead atoms. The van der Waals surface area contributed by atoms with E-state index in [9.17, 15) is 4.79 Å². The van der Waals surface area contributed by atoms with Crippen LogP contribution in [0.15, 0.2) is 0 Å². The normalized spacial score (nSPS) is 31.4. The number of hydrogen-bond donors (Lipinski definition) is 0. The summed E-state index contributed by atoms with van der Waals surface area (Å²) in [5, 5.41) is 0. The molecule has 80 valence electrons. The topological polar surface area (TPSA) is 17.1 Å². The summed E-state index contributed by atoms with van der Waals surface area (Å²) < 4.78 is 0. The molecule has 0 aromatic heterocycles. The summed E-state index contributed by atoms with van der Waals surface area (Å²) in [4.78, 5) is 12.1. The largest absolute Gasteiger partial charge is 0.299 e. The Bertz CT molecular complexity index is 225. The molecule has 14 heavy (non-hydrogen) atoms. The first kappa shape index (κ1) is 10.2. The van der Waals surface area contributed by atoms with Crippen LogP contribution in [0.1, 0.15) is 58.8 Å². The van der Waals surface area contributed by atoms with Crippen molar-refractivity contribution >= 4 is 5.78 Å². The number of carbonyl (C=O) groups excluding carboxylic acids is 1. The van der Waals surface area contributed by atoms with Gasteiger partial charge in [-0.15, -0.1) is 0 Å². The maximum atomic E-state index is 12.1. The molecule has 0 aliphatic heterocycles. The Morgan fingerprint density at radius 2 is 1.93 bits per heavy atom. The first-order valence-electron chi connectivity index (χ1n) is 6.12. The third-order valence-corrected chi connectivity index (χ3v) is 4.36. The Balaban J connectivity index is 1.90. The molecule has 1 nitrogen and oxygen atoms in total. The number of Topliss-reactive ketones (excluding diaryl/α,β-unsaturated/α-hetero) is 1. The molecule has 2 aliphatic rings. The second kappa shape index (κ2) is 3.67. The van der Waals surface area contributed by atoms with Crippen molar-refractivity contribution in [3.63, 3.8) is 0 Å². The van der Waals surface area contributed by atoms with Gasteiger partial charge in [-0.2, -0.15) is 0 Å². The lowest BCUT2D eigenvalue weighted by Gasteiger charge is -2.30. The molecular formula is C13H22O. The van der Waals surface area contributed by atoms with E-state index in [2.05, 4.69) is 13.8 Å². The van der Waals surface area contributed by atoms with Crippen molar-refractivity contribution in [3.8, 4) is 0 Å². The van der Waals surface area contributed by atoms with Crippen LogP contribution in [-0.2, 0) is 4.79 Å². The van der Waals surface area contributed by atoms with E-state index in [1.54, 1.807) is 0 Å². The van der Waals surface area contributed by atoms with E-state index in [-0.39, 0.29) is 0 Å². The van der Waals surface area contributed by atoms with Crippen molar-refractivity contribution in [1.82, 2.24) is 0 Å².